The molecule has 0 spiro atoms. The van der Waals surface area contributed by atoms with Crippen LogP contribution in [0, 0.1) is 5.41 Å². The van der Waals surface area contributed by atoms with Crippen LogP contribution in [0.3, 0.4) is 0 Å². The van der Waals surface area contributed by atoms with Gasteiger partial charge in [-0.2, -0.15) is 0 Å². The Morgan fingerprint density at radius 2 is 1.30 bits per heavy atom. The highest BCUT2D eigenvalue weighted by Crippen LogP contribution is 2.37. The van der Waals surface area contributed by atoms with Crippen molar-refractivity contribution in [3.63, 3.8) is 0 Å². The van der Waals surface area contributed by atoms with Crippen LogP contribution in [0.1, 0.15) is 90.4 Å². The quantitative estimate of drug-likeness (QED) is 0.290. The van der Waals surface area contributed by atoms with Gasteiger partial charge in [0.15, 0.2) is 0 Å². The van der Waals surface area contributed by atoms with E-state index < -0.39 is 0 Å². The maximum atomic E-state index is 5.51. The Kier molecular flexibility index (Phi) is 11.1. The molecule has 0 aromatic rings. The molecule has 1 saturated heterocycles. The Hall–Kier alpha value is 0.440. The van der Waals surface area contributed by atoms with Gasteiger partial charge in [0, 0.05) is 18.5 Å². The molecular formula is C18H35BrO. The van der Waals surface area contributed by atoms with Gasteiger partial charge >= 0.3 is 0 Å². The van der Waals surface area contributed by atoms with Crippen molar-refractivity contribution in [3.8, 4) is 0 Å². The van der Waals surface area contributed by atoms with Gasteiger partial charge in [-0.1, -0.05) is 87.1 Å². The number of rotatable bonds is 12. The highest BCUT2D eigenvalue weighted by molar-refractivity contribution is 9.09. The summed E-state index contributed by atoms with van der Waals surface area (Å²) in [6.45, 7) is 4.24. The highest BCUT2D eigenvalue weighted by atomic mass is 79.9. The molecular weight excluding hydrogens is 312 g/mol. The normalized spacial score (nSPS) is 18.3. The minimum atomic E-state index is 0.554. The Bertz CT molecular complexity index is 211. The van der Waals surface area contributed by atoms with Crippen LogP contribution in [0.4, 0.5) is 0 Å². The SMILES string of the molecule is CCCCCCCCCCCCC1(CBr)CCOCC1. The standard InChI is InChI=1S/C18H35BrO/c1-2-3-4-5-6-7-8-9-10-11-12-18(17-19)13-15-20-16-14-18/h2-17H2,1H3. The number of unbranched alkanes of at least 4 members (excludes halogenated alkanes) is 9. The Balaban J connectivity index is 1.91. The average Bonchev–Trinajstić information content (AvgIpc) is 2.50. The number of halogens is 1. The molecule has 0 saturated carbocycles. The summed E-state index contributed by atoms with van der Waals surface area (Å²) >= 11 is 3.74. The third-order valence-electron chi connectivity index (χ3n) is 4.90. The van der Waals surface area contributed by atoms with Crippen LogP contribution in [0.15, 0.2) is 0 Å². The molecule has 0 N–H and O–H groups in total. The minimum Gasteiger partial charge on any atom is -0.381 e. The van der Waals surface area contributed by atoms with Crippen LogP contribution in [0.2, 0.25) is 0 Å². The van der Waals surface area contributed by atoms with Crippen molar-refractivity contribution in [2.24, 2.45) is 5.41 Å². The number of hydrogen-bond donors (Lipinski definition) is 0. The number of ether oxygens (including phenoxy) is 1. The van der Waals surface area contributed by atoms with Gasteiger partial charge in [-0.15, -0.1) is 0 Å². The zero-order valence-electron chi connectivity index (χ0n) is 13.6. The van der Waals surface area contributed by atoms with Gasteiger partial charge in [-0.3, -0.25) is 0 Å². The van der Waals surface area contributed by atoms with Crippen molar-refractivity contribution >= 4 is 15.9 Å². The molecule has 1 fully saturated rings. The van der Waals surface area contributed by atoms with Crippen molar-refractivity contribution in [3.05, 3.63) is 0 Å². The van der Waals surface area contributed by atoms with E-state index in [2.05, 4.69) is 22.9 Å². The van der Waals surface area contributed by atoms with E-state index in [-0.39, 0.29) is 0 Å². The van der Waals surface area contributed by atoms with Crippen LogP contribution in [0.25, 0.3) is 0 Å². The van der Waals surface area contributed by atoms with E-state index in [1.54, 1.807) is 0 Å². The van der Waals surface area contributed by atoms with E-state index in [9.17, 15) is 0 Å². The van der Waals surface area contributed by atoms with E-state index in [1.165, 1.54) is 88.8 Å². The molecule has 1 nitrogen and oxygen atoms in total. The second-order valence-electron chi connectivity index (χ2n) is 6.68. The lowest BCUT2D eigenvalue weighted by atomic mass is 9.78. The van der Waals surface area contributed by atoms with Gasteiger partial charge in [0.2, 0.25) is 0 Å². The molecule has 20 heavy (non-hydrogen) atoms. The lowest BCUT2D eigenvalue weighted by Gasteiger charge is -2.35. The highest BCUT2D eigenvalue weighted by Gasteiger charge is 2.30. The molecule has 0 aromatic heterocycles. The summed E-state index contributed by atoms with van der Waals surface area (Å²) < 4.78 is 5.51. The van der Waals surface area contributed by atoms with Gasteiger partial charge in [0.25, 0.3) is 0 Å². The maximum Gasteiger partial charge on any atom is 0.0471 e. The molecule has 120 valence electrons. The second-order valence-corrected chi connectivity index (χ2v) is 7.24. The third kappa shape index (κ3) is 8.02. The minimum absolute atomic E-state index is 0.554. The molecule has 2 heteroatoms. The summed E-state index contributed by atoms with van der Waals surface area (Å²) in [5.74, 6) is 0. The number of hydrogen-bond acceptors (Lipinski definition) is 1. The molecule has 0 radical (unpaired) electrons. The first kappa shape index (κ1) is 18.5. The van der Waals surface area contributed by atoms with E-state index in [0.29, 0.717) is 5.41 Å². The summed E-state index contributed by atoms with van der Waals surface area (Å²) in [4.78, 5) is 0. The van der Waals surface area contributed by atoms with Crippen LogP contribution in [-0.2, 0) is 4.74 Å². The molecule has 1 aliphatic rings. The zero-order chi connectivity index (χ0) is 14.5. The van der Waals surface area contributed by atoms with Gasteiger partial charge in [-0.25, -0.2) is 0 Å². The van der Waals surface area contributed by atoms with Crippen LogP contribution in [-0.4, -0.2) is 18.5 Å². The maximum absolute atomic E-state index is 5.51. The zero-order valence-corrected chi connectivity index (χ0v) is 15.2. The van der Waals surface area contributed by atoms with Crippen LogP contribution < -0.4 is 0 Å². The summed E-state index contributed by atoms with van der Waals surface area (Å²) in [5, 5.41) is 1.17. The third-order valence-corrected chi connectivity index (χ3v) is 6.09. The topological polar surface area (TPSA) is 9.23 Å². The Morgan fingerprint density at radius 1 is 0.800 bits per heavy atom. The second kappa shape index (κ2) is 12.0. The molecule has 0 aromatic carbocycles. The lowest BCUT2D eigenvalue weighted by Crippen LogP contribution is -2.31. The lowest BCUT2D eigenvalue weighted by molar-refractivity contribution is 0.0216. The largest absolute Gasteiger partial charge is 0.381 e. The van der Waals surface area contributed by atoms with Gasteiger partial charge < -0.3 is 4.74 Å². The molecule has 0 atom stereocenters. The predicted octanol–water partition coefficient (Wildman–Crippen LogP) is 6.49. The summed E-state index contributed by atoms with van der Waals surface area (Å²) in [7, 11) is 0. The smallest absolute Gasteiger partial charge is 0.0471 e. The molecule has 1 heterocycles. The fourth-order valence-corrected chi connectivity index (χ4v) is 4.08. The molecule has 1 aliphatic heterocycles. The first-order valence-corrected chi connectivity index (χ1v) is 10.1. The predicted molar refractivity (Wildman–Crippen MR) is 92.7 cm³/mol. The van der Waals surface area contributed by atoms with Crippen LogP contribution >= 0.6 is 15.9 Å². The van der Waals surface area contributed by atoms with Crippen molar-refractivity contribution < 1.29 is 4.74 Å². The Labute approximate surface area is 135 Å². The van der Waals surface area contributed by atoms with E-state index in [1.807, 2.05) is 0 Å². The van der Waals surface area contributed by atoms with Crippen molar-refractivity contribution in [2.45, 2.75) is 90.4 Å². The Morgan fingerprint density at radius 3 is 1.80 bits per heavy atom. The molecule has 1 rings (SSSR count). The molecule has 0 unspecified atom stereocenters. The molecule has 0 aliphatic carbocycles. The fourth-order valence-electron chi connectivity index (χ4n) is 3.24. The summed E-state index contributed by atoms with van der Waals surface area (Å²) in [5.41, 5.74) is 0.554. The van der Waals surface area contributed by atoms with E-state index in [0.717, 1.165) is 13.2 Å². The van der Waals surface area contributed by atoms with Crippen molar-refractivity contribution in [1.82, 2.24) is 0 Å². The van der Waals surface area contributed by atoms with Gasteiger partial charge in [0.05, 0.1) is 0 Å². The monoisotopic (exact) mass is 346 g/mol. The van der Waals surface area contributed by atoms with Crippen molar-refractivity contribution in [2.75, 3.05) is 18.5 Å². The van der Waals surface area contributed by atoms with E-state index in [4.69, 9.17) is 4.74 Å². The first-order valence-electron chi connectivity index (χ1n) is 8.97. The molecule has 0 amide bonds. The number of alkyl halides is 1. The van der Waals surface area contributed by atoms with Crippen LogP contribution in [0.5, 0.6) is 0 Å². The first-order chi connectivity index (χ1) is 9.83. The fraction of sp³-hybridized carbons (Fsp3) is 1.00. The summed E-state index contributed by atoms with van der Waals surface area (Å²) in [6, 6.07) is 0. The summed E-state index contributed by atoms with van der Waals surface area (Å²) in [6.07, 6.45) is 18.3. The average molecular weight is 347 g/mol. The van der Waals surface area contributed by atoms with Crippen molar-refractivity contribution in [1.29, 1.82) is 0 Å². The van der Waals surface area contributed by atoms with Gasteiger partial charge in [-0.05, 0) is 24.7 Å². The molecule has 0 bridgehead atoms. The van der Waals surface area contributed by atoms with E-state index >= 15 is 0 Å². The van der Waals surface area contributed by atoms with Gasteiger partial charge in [0.1, 0.15) is 0 Å².